The number of aryl methyl sites for hydroxylation is 1. The minimum Gasteiger partial charge on any atom is -0.310 e. The lowest BCUT2D eigenvalue weighted by Crippen LogP contribution is -2.10. The fraction of sp³-hybridized carbons (Fsp3) is 0.0182. The third-order valence-corrected chi connectivity index (χ3v) is 12.2. The fourth-order valence-electron chi connectivity index (χ4n) is 9.74. The molecular formula is C55H35N. The monoisotopic (exact) mass is 709 g/mol. The summed E-state index contributed by atoms with van der Waals surface area (Å²) < 4.78 is 0. The number of anilines is 3. The first-order chi connectivity index (χ1) is 27.7. The molecule has 0 amide bonds. The maximum atomic E-state index is 2.42. The molecule has 260 valence electrons. The van der Waals surface area contributed by atoms with Crippen LogP contribution in [-0.4, -0.2) is 0 Å². The van der Waals surface area contributed by atoms with Gasteiger partial charge in [0.1, 0.15) is 0 Å². The highest BCUT2D eigenvalue weighted by Crippen LogP contribution is 2.51. The molecule has 0 saturated heterocycles. The highest BCUT2D eigenvalue weighted by Gasteiger charge is 2.23. The summed E-state index contributed by atoms with van der Waals surface area (Å²) in [5.74, 6) is 0. The van der Waals surface area contributed by atoms with E-state index in [4.69, 9.17) is 0 Å². The van der Waals surface area contributed by atoms with Crippen molar-refractivity contribution >= 4 is 115 Å². The third-order valence-electron chi connectivity index (χ3n) is 12.2. The van der Waals surface area contributed by atoms with E-state index in [1.165, 1.54) is 109 Å². The van der Waals surface area contributed by atoms with Crippen LogP contribution in [0.1, 0.15) is 16.7 Å². The summed E-state index contributed by atoms with van der Waals surface area (Å²) in [6.07, 6.45) is 4.38. The van der Waals surface area contributed by atoms with Gasteiger partial charge < -0.3 is 4.90 Å². The predicted molar refractivity (Wildman–Crippen MR) is 244 cm³/mol. The lowest BCUT2D eigenvalue weighted by atomic mass is 9.82. The first kappa shape index (κ1) is 31.2. The number of benzene rings is 12. The number of hydrogen-bond donors (Lipinski definition) is 0. The molecular weight excluding hydrogens is 675 g/mol. The summed E-state index contributed by atoms with van der Waals surface area (Å²) in [6.45, 7) is 2.13. The number of para-hydroxylation sites is 1. The van der Waals surface area contributed by atoms with Gasteiger partial charge in [0, 0.05) is 16.8 Å². The van der Waals surface area contributed by atoms with Gasteiger partial charge in [-0.2, -0.15) is 0 Å². The third kappa shape index (κ3) is 4.43. The molecule has 0 N–H and O–H groups in total. The fourth-order valence-corrected chi connectivity index (χ4v) is 9.74. The van der Waals surface area contributed by atoms with Crippen molar-refractivity contribution in [2.45, 2.75) is 6.92 Å². The van der Waals surface area contributed by atoms with Crippen molar-refractivity contribution in [2.24, 2.45) is 0 Å². The Labute approximate surface area is 324 Å². The summed E-state index contributed by atoms with van der Waals surface area (Å²) in [5.41, 5.74) is 7.06. The number of rotatable bonds is 5. The Morgan fingerprint density at radius 1 is 0.304 bits per heavy atom. The molecule has 0 bridgehead atoms. The topological polar surface area (TPSA) is 3.24 Å². The molecule has 12 rings (SSSR count). The number of nitrogens with zero attached hydrogens (tertiary/aromatic N) is 1. The largest absolute Gasteiger partial charge is 0.310 e. The van der Waals surface area contributed by atoms with Crippen LogP contribution in [-0.2, 0) is 0 Å². The van der Waals surface area contributed by atoms with E-state index in [1.807, 2.05) is 0 Å². The van der Waals surface area contributed by atoms with Crippen molar-refractivity contribution in [1.29, 1.82) is 0 Å². The van der Waals surface area contributed by atoms with Crippen molar-refractivity contribution in [3.63, 3.8) is 0 Å². The van der Waals surface area contributed by atoms with E-state index in [0.29, 0.717) is 0 Å². The summed E-state index contributed by atoms with van der Waals surface area (Å²) in [7, 11) is 0. The van der Waals surface area contributed by atoms with Crippen LogP contribution in [0.25, 0.3) is 98.3 Å². The second-order valence-corrected chi connectivity index (χ2v) is 15.3. The van der Waals surface area contributed by atoms with Crippen molar-refractivity contribution in [3.8, 4) is 0 Å². The molecule has 1 nitrogen and oxygen atoms in total. The smallest absolute Gasteiger partial charge is 0.0540 e. The Morgan fingerprint density at radius 2 is 0.732 bits per heavy atom. The van der Waals surface area contributed by atoms with Crippen molar-refractivity contribution in [3.05, 3.63) is 199 Å². The summed E-state index contributed by atoms with van der Waals surface area (Å²) in [5, 5.41) is 21.1. The second kappa shape index (κ2) is 11.9. The van der Waals surface area contributed by atoms with Gasteiger partial charge in [-0.05, 0) is 129 Å². The molecule has 0 fully saturated rings. The van der Waals surface area contributed by atoms with E-state index in [0.717, 1.165) is 11.4 Å². The molecule has 0 aliphatic rings. The SMILES string of the molecule is Cc1ccc(/C=C/c2ccc(N(c3ccccc3)c3ccc4c5cccc6c5c(c5cccc3c45)c3cccc4c5cccc7cccc(c75)c6c43)cc2)cc1. The molecule has 12 aromatic rings. The summed E-state index contributed by atoms with van der Waals surface area (Å²) in [4.78, 5) is 2.42. The van der Waals surface area contributed by atoms with Gasteiger partial charge in [-0.25, -0.2) is 0 Å². The second-order valence-electron chi connectivity index (χ2n) is 15.3. The molecule has 0 saturated carbocycles. The average molecular weight is 710 g/mol. The molecule has 0 atom stereocenters. The summed E-state index contributed by atoms with van der Waals surface area (Å²) in [6, 6.07) is 67.5. The zero-order valence-electron chi connectivity index (χ0n) is 30.9. The van der Waals surface area contributed by atoms with Crippen LogP contribution >= 0.6 is 0 Å². The van der Waals surface area contributed by atoms with Gasteiger partial charge in [0.25, 0.3) is 0 Å². The van der Waals surface area contributed by atoms with Crippen LogP contribution in [0.5, 0.6) is 0 Å². The highest BCUT2D eigenvalue weighted by molar-refractivity contribution is 6.47. The van der Waals surface area contributed by atoms with Crippen LogP contribution in [0.3, 0.4) is 0 Å². The highest BCUT2D eigenvalue weighted by atomic mass is 15.1. The van der Waals surface area contributed by atoms with Gasteiger partial charge in [0.05, 0.1) is 5.69 Å². The van der Waals surface area contributed by atoms with Crippen LogP contribution in [0.15, 0.2) is 182 Å². The Morgan fingerprint density at radius 3 is 1.34 bits per heavy atom. The lowest BCUT2D eigenvalue weighted by molar-refractivity contribution is 1.30. The van der Waals surface area contributed by atoms with Crippen molar-refractivity contribution in [1.82, 2.24) is 0 Å². The van der Waals surface area contributed by atoms with Crippen molar-refractivity contribution < 1.29 is 0 Å². The minimum absolute atomic E-state index is 1.12. The van der Waals surface area contributed by atoms with Crippen LogP contribution in [0.2, 0.25) is 0 Å². The maximum Gasteiger partial charge on any atom is 0.0540 e. The van der Waals surface area contributed by atoms with Gasteiger partial charge in [-0.15, -0.1) is 0 Å². The first-order valence-corrected chi connectivity index (χ1v) is 19.5. The van der Waals surface area contributed by atoms with Crippen molar-refractivity contribution in [2.75, 3.05) is 4.90 Å². The zero-order valence-corrected chi connectivity index (χ0v) is 30.9. The molecule has 12 aromatic carbocycles. The molecule has 0 aromatic heterocycles. The molecule has 0 aliphatic heterocycles. The minimum atomic E-state index is 1.12. The molecule has 56 heavy (non-hydrogen) atoms. The van der Waals surface area contributed by atoms with Gasteiger partial charge in [0.2, 0.25) is 0 Å². The number of fused-ring (bicyclic) bond motifs is 6. The zero-order chi connectivity index (χ0) is 36.9. The van der Waals surface area contributed by atoms with Gasteiger partial charge in [-0.1, -0.05) is 169 Å². The summed E-state index contributed by atoms with van der Waals surface area (Å²) >= 11 is 0. The van der Waals surface area contributed by atoms with Gasteiger partial charge in [-0.3, -0.25) is 0 Å². The van der Waals surface area contributed by atoms with Gasteiger partial charge in [0.15, 0.2) is 0 Å². The van der Waals surface area contributed by atoms with Crippen LogP contribution in [0, 0.1) is 6.92 Å². The quantitative estimate of drug-likeness (QED) is 0.0977. The Hall–Kier alpha value is -7.22. The van der Waals surface area contributed by atoms with E-state index in [2.05, 4.69) is 206 Å². The van der Waals surface area contributed by atoms with Gasteiger partial charge >= 0.3 is 0 Å². The normalized spacial score (nSPS) is 12.3. The molecule has 1 heteroatoms. The maximum absolute atomic E-state index is 2.42. The predicted octanol–water partition coefficient (Wildman–Crippen LogP) is 15.7. The average Bonchev–Trinajstić information content (AvgIpc) is 3.25. The Kier molecular flexibility index (Phi) is 6.62. The van der Waals surface area contributed by atoms with Crippen LogP contribution < -0.4 is 4.90 Å². The molecule has 0 radical (unpaired) electrons. The standard InChI is InChI=1S/C55H35N/c1-34-22-24-35(25-23-34)26-27-36-28-30-39(31-29-36)56(38-12-3-2-4-13-38)49-33-32-43-42-16-8-20-47-53(42)55(46-19-9-17-44(49)51(43)46)48-21-7-15-41-40-14-5-10-37-11-6-18-45(50(37)40)54(47)52(41)48/h2-33H,1H3/b27-26+. The lowest BCUT2D eigenvalue weighted by Gasteiger charge is -2.28. The van der Waals surface area contributed by atoms with E-state index in [1.54, 1.807) is 0 Å². The van der Waals surface area contributed by atoms with E-state index < -0.39 is 0 Å². The Balaban J connectivity index is 1.14. The number of hydrogen-bond acceptors (Lipinski definition) is 1. The molecule has 0 unspecified atom stereocenters. The molecule has 0 aliphatic carbocycles. The Bertz CT molecular complexity index is 3500. The first-order valence-electron chi connectivity index (χ1n) is 19.5. The van der Waals surface area contributed by atoms with E-state index >= 15 is 0 Å². The molecule has 0 heterocycles. The van der Waals surface area contributed by atoms with E-state index in [9.17, 15) is 0 Å². The molecule has 0 spiro atoms. The van der Waals surface area contributed by atoms with Crippen LogP contribution in [0.4, 0.5) is 17.1 Å². The van der Waals surface area contributed by atoms with E-state index in [-0.39, 0.29) is 0 Å².